The lowest BCUT2D eigenvalue weighted by Crippen LogP contribution is -2.48. The minimum absolute atomic E-state index is 0.0891. The lowest BCUT2D eigenvalue weighted by atomic mass is 9.82. The van der Waals surface area contributed by atoms with Crippen molar-refractivity contribution in [2.45, 2.75) is 44.6 Å². The molecule has 1 amide bonds. The van der Waals surface area contributed by atoms with Gasteiger partial charge in [0.15, 0.2) is 0 Å². The van der Waals surface area contributed by atoms with Gasteiger partial charge in [0.05, 0.1) is 6.54 Å². The van der Waals surface area contributed by atoms with E-state index in [2.05, 4.69) is 6.92 Å². The Bertz CT molecular complexity index is 209. The zero-order valence-electron chi connectivity index (χ0n) is 8.21. The van der Waals surface area contributed by atoms with Crippen molar-refractivity contribution in [2.75, 3.05) is 13.2 Å². The lowest BCUT2D eigenvalue weighted by Gasteiger charge is -2.40. The molecule has 3 heteroatoms. The summed E-state index contributed by atoms with van der Waals surface area (Å²) in [4.78, 5) is 13.3. The zero-order chi connectivity index (χ0) is 9.31. The number of rotatable bonds is 1. The highest BCUT2D eigenvalue weighted by Crippen LogP contribution is 2.34. The van der Waals surface area contributed by atoms with Crippen LogP contribution in [0.1, 0.15) is 39.0 Å². The Kier molecular flexibility index (Phi) is 2.18. The van der Waals surface area contributed by atoms with Crippen molar-refractivity contribution in [3.63, 3.8) is 0 Å². The van der Waals surface area contributed by atoms with E-state index >= 15 is 0 Å². The number of hydrogen-bond acceptors (Lipinski definition) is 2. The maximum absolute atomic E-state index is 11.4. The van der Waals surface area contributed by atoms with Crippen LogP contribution in [0.5, 0.6) is 0 Å². The van der Waals surface area contributed by atoms with E-state index in [1.54, 1.807) is 0 Å². The number of amides is 1. The van der Waals surface area contributed by atoms with Crippen LogP contribution in [-0.2, 0) is 4.74 Å². The van der Waals surface area contributed by atoms with Crippen molar-refractivity contribution < 1.29 is 9.53 Å². The smallest absolute Gasteiger partial charge is 0.410 e. The van der Waals surface area contributed by atoms with Gasteiger partial charge in [-0.3, -0.25) is 4.90 Å². The lowest BCUT2D eigenvalue weighted by molar-refractivity contribution is 0.0947. The van der Waals surface area contributed by atoms with Crippen LogP contribution in [0.15, 0.2) is 0 Å². The number of carbonyl (C=O) groups excluding carboxylic acids is 1. The fourth-order valence-corrected chi connectivity index (χ4v) is 2.47. The van der Waals surface area contributed by atoms with E-state index in [4.69, 9.17) is 4.74 Å². The van der Waals surface area contributed by atoms with Crippen LogP contribution in [0.25, 0.3) is 0 Å². The quantitative estimate of drug-likeness (QED) is 0.623. The molecule has 0 atom stereocenters. The van der Waals surface area contributed by atoms with Crippen LogP contribution in [0.3, 0.4) is 0 Å². The van der Waals surface area contributed by atoms with Gasteiger partial charge in [-0.25, -0.2) is 4.79 Å². The molecule has 1 aliphatic carbocycles. The molecule has 1 heterocycles. The number of ether oxygens (including phenoxy) is 1. The molecule has 74 valence electrons. The first kappa shape index (κ1) is 8.85. The average Bonchev–Trinajstić information content (AvgIpc) is 2.53. The molecule has 2 rings (SSSR count). The van der Waals surface area contributed by atoms with Crippen molar-refractivity contribution in [1.29, 1.82) is 0 Å². The first-order valence-electron chi connectivity index (χ1n) is 5.17. The summed E-state index contributed by atoms with van der Waals surface area (Å²) in [6.45, 7) is 3.56. The first-order valence-corrected chi connectivity index (χ1v) is 5.17. The Morgan fingerprint density at radius 3 is 2.54 bits per heavy atom. The topological polar surface area (TPSA) is 29.5 Å². The van der Waals surface area contributed by atoms with Gasteiger partial charge in [0.2, 0.25) is 0 Å². The Hall–Kier alpha value is -0.730. The Labute approximate surface area is 79.0 Å². The molecule has 0 spiro atoms. The average molecular weight is 183 g/mol. The second-order valence-corrected chi connectivity index (χ2v) is 4.32. The number of cyclic esters (lactones) is 1. The fraction of sp³-hybridized carbons (Fsp3) is 0.900. The van der Waals surface area contributed by atoms with E-state index in [-0.39, 0.29) is 11.6 Å². The van der Waals surface area contributed by atoms with Crippen molar-refractivity contribution >= 4 is 6.09 Å². The summed E-state index contributed by atoms with van der Waals surface area (Å²) in [7, 11) is 0. The molecule has 2 aliphatic rings. The van der Waals surface area contributed by atoms with E-state index in [9.17, 15) is 4.79 Å². The van der Waals surface area contributed by atoms with Gasteiger partial charge >= 0.3 is 6.09 Å². The Balaban J connectivity index is 2.07. The van der Waals surface area contributed by atoms with Crippen LogP contribution in [-0.4, -0.2) is 29.7 Å². The van der Waals surface area contributed by atoms with Crippen LogP contribution in [0.2, 0.25) is 0 Å². The van der Waals surface area contributed by atoms with Gasteiger partial charge in [0.1, 0.15) is 6.61 Å². The summed E-state index contributed by atoms with van der Waals surface area (Å²) in [5, 5.41) is 0. The van der Waals surface area contributed by atoms with Crippen molar-refractivity contribution in [1.82, 2.24) is 4.90 Å². The molecule has 0 aromatic heterocycles. The second-order valence-electron chi connectivity index (χ2n) is 4.32. The van der Waals surface area contributed by atoms with Gasteiger partial charge < -0.3 is 4.74 Å². The molecule has 0 unspecified atom stereocenters. The van der Waals surface area contributed by atoms with Gasteiger partial charge in [-0.1, -0.05) is 19.3 Å². The predicted molar refractivity (Wildman–Crippen MR) is 49.5 cm³/mol. The van der Waals surface area contributed by atoms with Gasteiger partial charge in [0.25, 0.3) is 0 Å². The van der Waals surface area contributed by atoms with Gasteiger partial charge in [-0.2, -0.15) is 0 Å². The number of nitrogens with zero attached hydrogens (tertiary/aromatic N) is 1. The molecule has 0 N–H and O–H groups in total. The van der Waals surface area contributed by atoms with Crippen LogP contribution in [0.4, 0.5) is 4.79 Å². The van der Waals surface area contributed by atoms with E-state index in [0.717, 1.165) is 19.4 Å². The maximum Gasteiger partial charge on any atom is 0.410 e. The highest BCUT2D eigenvalue weighted by atomic mass is 16.6. The summed E-state index contributed by atoms with van der Waals surface area (Å²) in [5.74, 6) is 0. The van der Waals surface area contributed by atoms with E-state index < -0.39 is 0 Å². The van der Waals surface area contributed by atoms with Crippen molar-refractivity contribution in [3.05, 3.63) is 0 Å². The summed E-state index contributed by atoms with van der Waals surface area (Å²) in [6, 6.07) is 0. The molecule has 2 fully saturated rings. The number of carbonyl (C=O) groups is 1. The highest BCUT2D eigenvalue weighted by molar-refractivity contribution is 5.70. The minimum atomic E-state index is -0.107. The minimum Gasteiger partial charge on any atom is -0.448 e. The molecule has 3 nitrogen and oxygen atoms in total. The summed E-state index contributed by atoms with van der Waals surface area (Å²) < 4.78 is 4.97. The molecule has 13 heavy (non-hydrogen) atoms. The standard InChI is InChI=1S/C10H17NO2/c1-10(5-3-2-4-6-10)11-7-8-13-9(11)12/h2-8H2,1H3. The summed E-state index contributed by atoms with van der Waals surface area (Å²) in [6.07, 6.45) is 5.99. The van der Waals surface area contributed by atoms with Crippen molar-refractivity contribution in [3.8, 4) is 0 Å². The SMILES string of the molecule is CC1(N2CCOC2=O)CCCCC1. The van der Waals surface area contributed by atoms with Crippen LogP contribution < -0.4 is 0 Å². The van der Waals surface area contributed by atoms with Gasteiger partial charge in [-0.15, -0.1) is 0 Å². The third kappa shape index (κ3) is 1.52. The highest BCUT2D eigenvalue weighted by Gasteiger charge is 2.39. The molecular formula is C10H17NO2. The van der Waals surface area contributed by atoms with Crippen LogP contribution >= 0.6 is 0 Å². The van der Waals surface area contributed by atoms with Gasteiger partial charge in [0, 0.05) is 5.54 Å². The van der Waals surface area contributed by atoms with E-state index in [1.807, 2.05) is 4.90 Å². The molecule has 0 aromatic carbocycles. The molecule has 1 aliphatic heterocycles. The molecule has 1 saturated heterocycles. The third-order valence-electron chi connectivity index (χ3n) is 3.34. The second kappa shape index (κ2) is 3.20. The third-order valence-corrected chi connectivity index (χ3v) is 3.34. The zero-order valence-corrected chi connectivity index (χ0v) is 8.21. The molecule has 0 radical (unpaired) electrons. The van der Waals surface area contributed by atoms with Crippen molar-refractivity contribution in [2.24, 2.45) is 0 Å². The largest absolute Gasteiger partial charge is 0.448 e. The normalized spacial score (nSPS) is 27.5. The maximum atomic E-state index is 11.4. The summed E-state index contributed by atoms with van der Waals surface area (Å²) >= 11 is 0. The molecule has 0 aromatic rings. The Morgan fingerprint density at radius 1 is 1.31 bits per heavy atom. The fourth-order valence-electron chi connectivity index (χ4n) is 2.47. The molecule has 0 bridgehead atoms. The summed E-state index contributed by atoms with van der Waals surface area (Å²) in [5.41, 5.74) is 0.0891. The Morgan fingerprint density at radius 2 is 2.00 bits per heavy atom. The van der Waals surface area contributed by atoms with E-state index in [1.165, 1.54) is 19.3 Å². The first-order chi connectivity index (χ1) is 6.22. The molecule has 1 saturated carbocycles. The van der Waals surface area contributed by atoms with Crippen LogP contribution in [0, 0.1) is 0 Å². The monoisotopic (exact) mass is 183 g/mol. The van der Waals surface area contributed by atoms with Gasteiger partial charge in [-0.05, 0) is 19.8 Å². The number of hydrogen-bond donors (Lipinski definition) is 0. The predicted octanol–water partition coefficient (Wildman–Crippen LogP) is 2.16. The van der Waals surface area contributed by atoms with E-state index in [0.29, 0.717) is 6.61 Å². The molecular weight excluding hydrogens is 166 g/mol.